The Morgan fingerprint density at radius 2 is 2.20 bits per heavy atom. The highest BCUT2D eigenvalue weighted by Gasteiger charge is 2.27. The molecule has 1 aliphatic rings. The van der Waals surface area contributed by atoms with Gasteiger partial charge in [0, 0.05) is 12.5 Å². The van der Waals surface area contributed by atoms with Crippen LogP contribution >= 0.6 is 0 Å². The molecule has 0 radical (unpaired) electrons. The minimum absolute atomic E-state index is 0.221. The number of ether oxygens (including phenoxy) is 1. The summed E-state index contributed by atoms with van der Waals surface area (Å²) >= 11 is 0. The molecular weight excluding hydrogens is 254 g/mol. The number of hydrogen-bond acceptors (Lipinski definition) is 3. The van der Waals surface area contributed by atoms with Crippen LogP contribution in [0.2, 0.25) is 0 Å². The molecule has 0 aliphatic carbocycles. The summed E-state index contributed by atoms with van der Waals surface area (Å²) in [6, 6.07) is 8.96. The number of carboxylic acid groups (broad SMARTS) is 1. The molecule has 1 aromatic rings. The van der Waals surface area contributed by atoms with Crippen LogP contribution in [0, 0.1) is 0 Å². The highest BCUT2D eigenvalue weighted by molar-refractivity contribution is 5.66. The molecule has 2 rings (SSSR count). The Kier molecular flexibility index (Phi) is 5.15. The summed E-state index contributed by atoms with van der Waals surface area (Å²) in [7, 11) is 0. The number of fused-ring (bicyclic) bond motifs is 1. The number of nitrogens with zero attached hydrogens (tertiary/aromatic N) is 1. The van der Waals surface area contributed by atoms with E-state index in [0.29, 0.717) is 25.7 Å². The fourth-order valence-corrected chi connectivity index (χ4v) is 2.82. The van der Waals surface area contributed by atoms with Gasteiger partial charge in [-0.2, -0.15) is 0 Å². The van der Waals surface area contributed by atoms with E-state index in [2.05, 4.69) is 36.9 Å². The van der Waals surface area contributed by atoms with Gasteiger partial charge in [0.05, 0.1) is 19.3 Å². The zero-order chi connectivity index (χ0) is 14.5. The summed E-state index contributed by atoms with van der Waals surface area (Å²) < 4.78 is 5.71. The van der Waals surface area contributed by atoms with Crippen molar-refractivity contribution >= 4 is 5.97 Å². The third-order valence-electron chi connectivity index (χ3n) is 3.82. The van der Waals surface area contributed by atoms with Gasteiger partial charge in [0.15, 0.2) is 0 Å². The van der Waals surface area contributed by atoms with E-state index < -0.39 is 5.97 Å². The van der Waals surface area contributed by atoms with Gasteiger partial charge in [-0.1, -0.05) is 24.3 Å². The monoisotopic (exact) mass is 277 g/mol. The van der Waals surface area contributed by atoms with E-state index in [1.807, 2.05) is 6.07 Å². The molecule has 4 nitrogen and oxygen atoms in total. The fourth-order valence-electron chi connectivity index (χ4n) is 2.82. The van der Waals surface area contributed by atoms with Crippen LogP contribution in [0.5, 0.6) is 0 Å². The number of aliphatic carboxylic acids is 1. The van der Waals surface area contributed by atoms with E-state index in [4.69, 9.17) is 9.84 Å². The van der Waals surface area contributed by atoms with Crippen molar-refractivity contribution < 1.29 is 14.6 Å². The molecule has 0 bridgehead atoms. The third kappa shape index (κ3) is 3.58. The molecule has 110 valence electrons. The summed E-state index contributed by atoms with van der Waals surface area (Å²) in [4.78, 5) is 13.0. The molecule has 0 amide bonds. The normalized spacial score (nSPS) is 18.3. The molecule has 0 aromatic heterocycles. The second-order valence-corrected chi connectivity index (χ2v) is 5.56. The number of rotatable bonds is 6. The molecule has 1 N–H and O–H groups in total. The van der Waals surface area contributed by atoms with E-state index in [1.165, 1.54) is 11.1 Å². The second kappa shape index (κ2) is 6.86. The van der Waals surface area contributed by atoms with Crippen molar-refractivity contribution in [1.29, 1.82) is 0 Å². The minimum atomic E-state index is -0.728. The van der Waals surface area contributed by atoms with Crippen molar-refractivity contribution in [2.45, 2.75) is 45.4 Å². The van der Waals surface area contributed by atoms with E-state index in [1.54, 1.807) is 0 Å². The average Bonchev–Trinajstić information content (AvgIpc) is 2.42. The summed E-state index contributed by atoms with van der Waals surface area (Å²) in [5.41, 5.74) is 2.57. The van der Waals surface area contributed by atoms with E-state index >= 15 is 0 Å². The quantitative estimate of drug-likeness (QED) is 0.868. The highest BCUT2D eigenvalue weighted by atomic mass is 16.5. The average molecular weight is 277 g/mol. The first-order valence-corrected chi connectivity index (χ1v) is 7.22. The van der Waals surface area contributed by atoms with Gasteiger partial charge in [-0.15, -0.1) is 0 Å². The third-order valence-corrected chi connectivity index (χ3v) is 3.82. The van der Waals surface area contributed by atoms with Crippen molar-refractivity contribution in [1.82, 2.24) is 4.90 Å². The lowest BCUT2D eigenvalue weighted by molar-refractivity contribution is -0.137. The van der Waals surface area contributed by atoms with Gasteiger partial charge in [0.1, 0.15) is 0 Å². The second-order valence-electron chi connectivity index (χ2n) is 5.56. The number of carboxylic acids is 1. The Hall–Kier alpha value is -1.39. The molecule has 1 aromatic carbocycles. The Labute approximate surface area is 120 Å². The molecule has 0 fully saturated rings. The first-order valence-electron chi connectivity index (χ1n) is 7.22. The van der Waals surface area contributed by atoms with Crippen molar-refractivity contribution in [2.75, 3.05) is 13.2 Å². The van der Waals surface area contributed by atoms with Gasteiger partial charge in [-0.25, -0.2) is 0 Å². The number of benzene rings is 1. The lowest BCUT2D eigenvalue weighted by Crippen LogP contribution is -2.40. The lowest BCUT2D eigenvalue weighted by atomic mass is 9.96. The summed E-state index contributed by atoms with van der Waals surface area (Å²) in [6.45, 7) is 6.44. The van der Waals surface area contributed by atoms with Crippen molar-refractivity contribution in [2.24, 2.45) is 0 Å². The summed E-state index contributed by atoms with van der Waals surface area (Å²) in [6.07, 6.45) is 0.893. The van der Waals surface area contributed by atoms with Gasteiger partial charge in [0.25, 0.3) is 0 Å². The molecule has 0 saturated carbocycles. The van der Waals surface area contributed by atoms with Crippen LogP contribution in [0.1, 0.15) is 43.9 Å². The molecule has 0 spiro atoms. The molecule has 4 heteroatoms. The Morgan fingerprint density at radius 1 is 1.45 bits per heavy atom. The van der Waals surface area contributed by atoms with Crippen molar-refractivity contribution in [3.05, 3.63) is 35.4 Å². The topological polar surface area (TPSA) is 49.8 Å². The van der Waals surface area contributed by atoms with Crippen LogP contribution in [0.3, 0.4) is 0 Å². The van der Waals surface area contributed by atoms with Crippen LogP contribution in [-0.2, 0) is 16.1 Å². The Morgan fingerprint density at radius 3 is 2.90 bits per heavy atom. The van der Waals surface area contributed by atoms with E-state index in [9.17, 15) is 4.79 Å². The first kappa shape index (κ1) is 15.0. The van der Waals surface area contributed by atoms with Crippen LogP contribution in [0.25, 0.3) is 0 Å². The standard InChI is InChI=1S/C16H23NO3/c1-12(2)17(9-5-8-16(18)19)15-11-20-10-13-6-3-4-7-14(13)15/h3-4,6-7,12,15H,5,8-11H2,1-2H3,(H,18,19). The van der Waals surface area contributed by atoms with Gasteiger partial charge in [-0.05, 0) is 37.9 Å². The summed E-state index contributed by atoms with van der Waals surface area (Å²) in [5, 5.41) is 8.79. The van der Waals surface area contributed by atoms with Crippen molar-refractivity contribution in [3.63, 3.8) is 0 Å². The van der Waals surface area contributed by atoms with Gasteiger partial charge in [-0.3, -0.25) is 9.69 Å². The SMILES string of the molecule is CC(C)N(CCCC(=O)O)C1COCc2ccccc21. The maximum atomic E-state index is 10.7. The van der Waals surface area contributed by atoms with Gasteiger partial charge >= 0.3 is 5.97 Å². The predicted molar refractivity (Wildman–Crippen MR) is 77.6 cm³/mol. The summed E-state index contributed by atoms with van der Waals surface area (Å²) in [5.74, 6) is -0.728. The van der Waals surface area contributed by atoms with E-state index in [0.717, 1.165) is 6.54 Å². The van der Waals surface area contributed by atoms with Gasteiger partial charge in [0.2, 0.25) is 0 Å². The zero-order valence-electron chi connectivity index (χ0n) is 12.2. The highest BCUT2D eigenvalue weighted by Crippen LogP contribution is 2.31. The smallest absolute Gasteiger partial charge is 0.303 e. The van der Waals surface area contributed by atoms with Crippen LogP contribution in [0.4, 0.5) is 0 Å². The molecule has 0 saturated heterocycles. The fraction of sp³-hybridized carbons (Fsp3) is 0.562. The Bertz CT molecular complexity index is 459. The first-order chi connectivity index (χ1) is 9.59. The predicted octanol–water partition coefficient (Wildman–Crippen LogP) is 2.83. The lowest BCUT2D eigenvalue weighted by Gasteiger charge is -2.38. The molecule has 1 atom stereocenters. The van der Waals surface area contributed by atoms with Crippen LogP contribution < -0.4 is 0 Å². The van der Waals surface area contributed by atoms with Crippen LogP contribution in [0.15, 0.2) is 24.3 Å². The Balaban J connectivity index is 2.12. The maximum Gasteiger partial charge on any atom is 0.303 e. The van der Waals surface area contributed by atoms with Gasteiger partial charge < -0.3 is 9.84 Å². The van der Waals surface area contributed by atoms with E-state index in [-0.39, 0.29) is 12.5 Å². The molecule has 1 aliphatic heterocycles. The number of carbonyl (C=O) groups is 1. The largest absolute Gasteiger partial charge is 0.481 e. The number of hydrogen-bond donors (Lipinski definition) is 1. The minimum Gasteiger partial charge on any atom is -0.481 e. The molecule has 1 heterocycles. The molecule has 1 unspecified atom stereocenters. The zero-order valence-corrected chi connectivity index (χ0v) is 12.2. The van der Waals surface area contributed by atoms with Crippen LogP contribution in [-0.4, -0.2) is 35.2 Å². The molecule has 20 heavy (non-hydrogen) atoms. The maximum absolute atomic E-state index is 10.7. The van der Waals surface area contributed by atoms with Crippen molar-refractivity contribution in [3.8, 4) is 0 Å². The molecular formula is C16H23NO3.